The van der Waals surface area contributed by atoms with Crippen LogP contribution >= 0.6 is 11.6 Å². The number of rotatable bonds is 6. The monoisotopic (exact) mass is 533 g/mol. The molecule has 8 nitrogen and oxygen atoms in total. The first-order valence-corrected chi connectivity index (χ1v) is 14.1. The summed E-state index contributed by atoms with van der Waals surface area (Å²) in [6.45, 7) is 2.63. The van der Waals surface area contributed by atoms with Gasteiger partial charge in [0.05, 0.1) is 26.1 Å². The summed E-state index contributed by atoms with van der Waals surface area (Å²) >= 11 is 6.32. The summed E-state index contributed by atoms with van der Waals surface area (Å²) in [4.78, 5) is 14.9. The van der Waals surface area contributed by atoms with E-state index in [0.717, 1.165) is 5.56 Å². The number of piperazine rings is 1. The molecule has 35 heavy (non-hydrogen) atoms. The Morgan fingerprint density at radius 2 is 1.46 bits per heavy atom. The number of amides is 1. The molecule has 4 rings (SSSR count). The summed E-state index contributed by atoms with van der Waals surface area (Å²) in [5.41, 5.74) is 1.41. The predicted molar refractivity (Wildman–Crippen MR) is 135 cm³/mol. The minimum Gasteiger partial charge on any atom is -0.336 e. The van der Waals surface area contributed by atoms with Crippen molar-refractivity contribution in [3.8, 4) is 0 Å². The van der Waals surface area contributed by atoms with E-state index in [0.29, 0.717) is 0 Å². The Morgan fingerprint density at radius 3 is 2.06 bits per heavy atom. The van der Waals surface area contributed by atoms with Gasteiger partial charge in [-0.05, 0) is 49.4 Å². The number of carbonyl (C=O) groups excluding carboxylic acids is 1. The molecule has 1 N–H and O–H groups in total. The highest BCUT2D eigenvalue weighted by Crippen LogP contribution is 2.26. The van der Waals surface area contributed by atoms with Crippen molar-refractivity contribution < 1.29 is 21.6 Å². The maximum Gasteiger partial charge on any atom is 0.261 e. The van der Waals surface area contributed by atoms with Crippen LogP contribution in [0.1, 0.15) is 15.9 Å². The summed E-state index contributed by atoms with van der Waals surface area (Å²) < 4.78 is 54.7. The van der Waals surface area contributed by atoms with E-state index in [4.69, 9.17) is 11.6 Å². The lowest BCUT2D eigenvalue weighted by Crippen LogP contribution is -2.50. The molecule has 1 saturated heterocycles. The highest BCUT2D eigenvalue weighted by Gasteiger charge is 2.31. The first-order valence-electron chi connectivity index (χ1n) is 10.8. The third-order valence-corrected chi connectivity index (χ3v) is 9.31. The molecular weight excluding hydrogens is 510 g/mol. The van der Waals surface area contributed by atoms with Crippen molar-refractivity contribution in [1.82, 2.24) is 9.21 Å². The number of aryl methyl sites for hydroxylation is 1. The molecule has 1 heterocycles. The van der Waals surface area contributed by atoms with Gasteiger partial charge in [-0.15, -0.1) is 0 Å². The molecule has 1 amide bonds. The van der Waals surface area contributed by atoms with Gasteiger partial charge < -0.3 is 4.90 Å². The molecule has 1 aliphatic heterocycles. The van der Waals surface area contributed by atoms with Crippen LogP contribution in [0.5, 0.6) is 0 Å². The Labute approximate surface area is 210 Å². The van der Waals surface area contributed by atoms with Gasteiger partial charge in [0, 0.05) is 26.2 Å². The Hall–Kier alpha value is -2.92. The lowest BCUT2D eigenvalue weighted by molar-refractivity contribution is 0.0698. The molecule has 1 aliphatic rings. The molecule has 3 aromatic rings. The fourth-order valence-corrected chi connectivity index (χ4v) is 6.48. The topological polar surface area (TPSA) is 104 Å². The lowest BCUT2D eigenvalue weighted by atomic mass is 10.1. The van der Waals surface area contributed by atoms with E-state index in [1.807, 2.05) is 6.92 Å². The van der Waals surface area contributed by atoms with Crippen molar-refractivity contribution in [2.24, 2.45) is 0 Å². The number of benzene rings is 3. The third-order valence-electron chi connectivity index (χ3n) is 5.69. The molecule has 3 aromatic carbocycles. The normalized spacial score (nSPS) is 15.1. The molecule has 0 atom stereocenters. The second-order valence-corrected chi connectivity index (χ2v) is 12.2. The van der Waals surface area contributed by atoms with Gasteiger partial charge in [-0.2, -0.15) is 4.31 Å². The summed E-state index contributed by atoms with van der Waals surface area (Å²) in [6.07, 6.45) is 0. The summed E-state index contributed by atoms with van der Waals surface area (Å²) in [5.74, 6) is -0.347. The Balaban J connectivity index is 1.43. The van der Waals surface area contributed by atoms with Gasteiger partial charge in [-0.1, -0.05) is 47.5 Å². The molecule has 11 heteroatoms. The maximum atomic E-state index is 13.0. The van der Waals surface area contributed by atoms with Crippen LogP contribution in [-0.2, 0) is 20.0 Å². The highest BCUT2D eigenvalue weighted by molar-refractivity contribution is 7.92. The van der Waals surface area contributed by atoms with E-state index >= 15 is 0 Å². The van der Waals surface area contributed by atoms with Crippen molar-refractivity contribution >= 4 is 43.2 Å². The SMILES string of the molecule is Cc1ccc(S(=O)(=O)N2CCN(C(=O)c3ccc(NS(=O)(=O)c4ccccc4)cc3Cl)CC2)cc1. The fraction of sp³-hybridized carbons (Fsp3) is 0.208. The highest BCUT2D eigenvalue weighted by atomic mass is 35.5. The quantitative estimate of drug-likeness (QED) is 0.521. The van der Waals surface area contributed by atoms with E-state index in [1.165, 1.54) is 39.5 Å². The zero-order valence-electron chi connectivity index (χ0n) is 18.9. The predicted octanol–water partition coefficient (Wildman–Crippen LogP) is 3.60. The van der Waals surface area contributed by atoms with Gasteiger partial charge >= 0.3 is 0 Å². The molecular formula is C24H24ClN3O5S2. The number of hydrogen-bond acceptors (Lipinski definition) is 5. The zero-order chi connectivity index (χ0) is 25.2. The number of carbonyl (C=O) groups is 1. The largest absolute Gasteiger partial charge is 0.336 e. The number of sulfonamides is 2. The van der Waals surface area contributed by atoms with Crippen molar-refractivity contribution in [3.63, 3.8) is 0 Å². The number of nitrogens with zero attached hydrogens (tertiary/aromatic N) is 2. The number of anilines is 1. The molecule has 0 radical (unpaired) electrons. The van der Waals surface area contributed by atoms with Crippen LogP contribution in [0.3, 0.4) is 0 Å². The Morgan fingerprint density at radius 1 is 0.829 bits per heavy atom. The lowest BCUT2D eigenvalue weighted by Gasteiger charge is -2.34. The van der Waals surface area contributed by atoms with Crippen LogP contribution in [0.4, 0.5) is 5.69 Å². The van der Waals surface area contributed by atoms with Gasteiger partial charge in [0.25, 0.3) is 15.9 Å². The van der Waals surface area contributed by atoms with E-state index in [1.54, 1.807) is 42.5 Å². The van der Waals surface area contributed by atoms with E-state index in [-0.39, 0.29) is 58.2 Å². The summed E-state index contributed by atoms with van der Waals surface area (Å²) in [5, 5.41) is 0.0953. The average Bonchev–Trinajstić information content (AvgIpc) is 2.84. The fourth-order valence-electron chi connectivity index (χ4n) is 3.73. The molecule has 0 bridgehead atoms. The molecule has 0 spiro atoms. The Kier molecular flexibility index (Phi) is 7.18. The van der Waals surface area contributed by atoms with Crippen molar-refractivity contribution in [3.05, 3.63) is 88.9 Å². The van der Waals surface area contributed by atoms with E-state index in [2.05, 4.69) is 4.72 Å². The molecule has 1 fully saturated rings. The van der Waals surface area contributed by atoms with Crippen molar-refractivity contribution in [1.29, 1.82) is 0 Å². The van der Waals surface area contributed by atoms with Crippen LogP contribution in [-0.4, -0.2) is 58.1 Å². The van der Waals surface area contributed by atoms with Crippen LogP contribution in [0.25, 0.3) is 0 Å². The minimum absolute atomic E-state index is 0.0953. The van der Waals surface area contributed by atoms with Crippen LogP contribution < -0.4 is 4.72 Å². The first-order chi connectivity index (χ1) is 16.6. The minimum atomic E-state index is -3.80. The third kappa shape index (κ3) is 5.51. The van der Waals surface area contributed by atoms with Crippen molar-refractivity contribution in [2.45, 2.75) is 16.7 Å². The van der Waals surface area contributed by atoms with Crippen LogP contribution in [0.2, 0.25) is 5.02 Å². The van der Waals surface area contributed by atoms with Crippen LogP contribution in [0.15, 0.2) is 82.6 Å². The van der Waals surface area contributed by atoms with Crippen molar-refractivity contribution in [2.75, 3.05) is 30.9 Å². The van der Waals surface area contributed by atoms with Gasteiger partial charge in [0.1, 0.15) is 0 Å². The molecule has 0 unspecified atom stereocenters. The average molecular weight is 534 g/mol. The second kappa shape index (κ2) is 9.98. The number of hydrogen-bond donors (Lipinski definition) is 1. The molecule has 184 valence electrons. The number of nitrogens with one attached hydrogen (secondary N) is 1. The molecule has 0 aromatic heterocycles. The summed E-state index contributed by atoms with van der Waals surface area (Å²) in [6, 6.07) is 18.9. The van der Waals surface area contributed by atoms with E-state index in [9.17, 15) is 21.6 Å². The smallest absolute Gasteiger partial charge is 0.261 e. The standard InChI is InChI=1S/C24H24ClN3O5S2/c1-18-7-10-21(11-8-18)35(32,33)28-15-13-27(14-16-28)24(29)22-12-9-19(17-23(22)25)26-34(30,31)20-5-3-2-4-6-20/h2-12,17,26H,13-16H2,1H3. The Bertz CT molecular complexity index is 1440. The van der Waals surface area contributed by atoms with Gasteiger partial charge in [0.15, 0.2) is 0 Å². The molecule has 0 aliphatic carbocycles. The van der Waals surface area contributed by atoms with E-state index < -0.39 is 20.0 Å². The first kappa shape index (κ1) is 25.2. The van der Waals surface area contributed by atoms with Gasteiger partial charge in [0.2, 0.25) is 10.0 Å². The van der Waals surface area contributed by atoms with Gasteiger partial charge in [-0.3, -0.25) is 9.52 Å². The molecule has 0 saturated carbocycles. The van der Waals surface area contributed by atoms with Gasteiger partial charge in [-0.25, -0.2) is 16.8 Å². The number of halogens is 1. The second-order valence-electron chi connectivity index (χ2n) is 8.12. The zero-order valence-corrected chi connectivity index (χ0v) is 21.3. The summed E-state index contributed by atoms with van der Waals surface area (Å²) in [7, 11) is -7.44. The van der Waals surface area contributed by atoms with Crippen LogP contribution in [0, 0.1) is 6.92 Å². The maximum absolute atomic E-state index is 13.0.